The van der Waals surface area contributed by atoms with E-state index in [0.29, 0.717) is 18.4 Å². The Bertz CT molecular complexity index is 454. The molecule has 0 bridgehead atoms. The molecule has 0 aliphatic heterocycles. The van der Waals surface area contributed by atoms with E-state index in [-0.39, 0.29) is 5.56 Å². The average molecular weight is 222 g/mol. The third-order valence-electron chi connectivity index (χ3n) is 2.62. The van der Waals surface area contributed by atoms with Crippen molar-refractivity contribution in [1.29, 1.82) is 0 Å². The van der Waals surface area contributed by atoms with Crippen LogP contribution in [0.25, 0.3) is 0 Å². The monoisotopic (exact) mass is 222 g/mol. The zero-order valence-electron chi connectivity index (χ0n) is 8.83. The third-order valence-corrected chi connectivity index (χ3v) is 2.62. The summed E-state index contributed by atoms with van der Waals surface area (Å²) in [4.78, 5) is 22.6. The number of aryl methyl sites for hydroxylation is 1. The first kappa shape index (κ1) is 10.8. The lowest BCUT2D eigenvalue weighted by Gasteiger charge is -2.22. The van der Waals surface area contributed by atoms with Gasteiger partial charge < -0.3 is 4.74 Å². The van der Waals surface area contributed by atoms with Gasteiger partial charge in [-0.15, -0.1) is 0 Å². The first-order chi connectivity index (χ1) is 7.59. The number of esters is 1. The lowest BCUT2D eigenvalue weighted by molar-refractivity contribution is -0.144. The van der Waals surface area contributed by atoms with Crippen molar-refractivity contribution in [2.24, 2.45) is 0 Å². The molecule has 1 aliphatic rings. The van der Waals surface area contributed by atoms with Gasteiger partial charge >= 0.3 is 5.97 Å². The van der Waals surface area contributed by atoms with Crippen LogP contribution in [0.4, 0.5) is 4.39 Å². The minimum atomic E-state index is -0.832. The summed E-state index contributed by atoms with van der Waals surface area (Å²) in [5.41, 5.74) is 0.758. The van der Waals surface area contributed by atoms with E-state index in [0.717, 1.165) is 0 Å². The van der Waals surface area contributed by atoms with Crippen LogP contribution in [0.5, 0.6) is 0 Å². The molecule has 1 aliphatic carbocycles. The minimum absolute atomic E-state index is 0.0694. The van der Waals surface area contributed by atoms with Crippen molar-refractivity contribution in [3.63, 3.8) is 0 Å². The van der Waals surface area contributed by atoms with E-state index in [1.165, 1.54) is 13.0 Å². The van der Waals surface area contributed by atoms with Crippen molar-refractivity contribution >= 4 is 11.8 Å². The number of Topliss-reactive ketones (excluding diaryl/α,β-unsaturated/α-hetero) is 1. The molecule has 1 atom stereocenters. The molecule has 0 fully saturated rings. The first-order valence-corrected chi connectivity index (χ1v) is 5.08. The molecule has 0 amide bonds. The largest absolute Gasteiger partial charge is 0.454 e. The summed E-state index contributed by atoms with van der Waals surface area (Å²) in [5, 5.41) is 0. The summed E-state index contributed by atoms with van der Waals surface area (Å²) in [5.74, 6) is -1.49. The molecule has 0 heterocycles. The number of benzene rings is 1. The van der Waals surface area contributed by atoms with Crippen LogP contribution < -0.4 is 0 Å². The molecule has 3 nitrogen and oxygen atoms in total. The maximum absolute atomic E-state index is 13.5. The number of carbonyl (C=O) groups excluding carboxylic acids is 2. The number of rotatable bonds is 1. The van der Waals surface area contributed by atoms with Gasteiger partial charge in [-0.05, 0) is 24.5 Å². The number of hydrogen-bond acceptors (Lipinski definition) is 3. The Labute approximate surface area is 92.2 Å². The molecule has 0 radical (unpaired) electrons. The van der Waals surface area contributed by atoms with E-state index in [4.69, 9.17) is 4.74 Å². The maximum Gasteiger partial charge on any atom is 0.303 e. The fourth-order valence-electron chi connectivity index (χ4n) is 1.94. The van der Waals surface area contributed by atoms with E-state index in [2.05, 4.69) is 0 Å². The van der Waals surface area contributed by atoms with Gasteiger partial charge in [0.1, 0.15) is 5.82 Å². The van der Waals surface area contributed by atoms with Crippen molar-refractivity contribution in [1.82, 2.24) is 0 Å². The number of ketones is 1. The molecule has 0 saturated carbocycles. The van der Waals surface area contributed by atoms with Crippen molar-refractivity contribution in [3.8, 4) is 0 Å². The van der Waals surface area contributed by atoms with Crippen LogP contribution in [0.2, 0.25) is 0 Å². The van der Waals surface area contributed by atoms with E-state index < -0.39 is 23.7 Å². The molecule has 1 aromatic rings. The molecular weight excluding hydrogens is 211 g/mol. The van der Waals surface area contributed by atoms with Crippen LogP contribution in [-0.2, 0) is 16.0 Å². The molecule has 16 heavy (non-hydrogen) atoms. The normalized spacial score (nSPS) is 19.1. The van der Waals surface area contributed by atoms with Crippen LogP contribution in [0.1, 0.15) is 29.3 Å². The van der Waals surface area contributed by atoms with Crippen molar-refractivity contribution in [2.75, 3.05) is 0 Å². The van der Waals surface area contributed by atoms with Crippen LogP contribution in [0.15, 0.2) is 18.2 Å². The van der Waals surface area contributed by atoms with Crippen LogP contribution in [-0.4, -0.2) is 17.9 Å². The van der Waals surface area contributed by atoms with E-state index in [9.17, 15) is 14.0 Å². The second kappa shape index (κ2) is 4.04. The number of hydrogen-bond donors (Lipinski definition) is 0. The van der Waals surface area contributed by atoms with Gasteiger partial charge in [0.05, 0.1) is 5.56 Å². The van der Waals surface area contributed by atoms with E-state index in [1.807, 2.05) is 0 Å². The summed E-state index contributed by atoms with van der Waals surface area (Å²) in [6.07, 6.45) is 0.146. The minimum Gasteiger partial charge on any atom is -0.454 e. The zero-order chi connectivity index (χ0) is 11.7. The second-order valence-corrected chi connectivity index (χ2v) is 3.77. The Morgan fingerprint density at radius 2 is 2.25 bits per heavy atom. The fraction of sp³-hybridized carbons (Fsp3) is 0.333. The smallest absolute Gasteiger partial charge is 0.303 e. The fourth-order valence-corrected chi connectivity index (χ4v) is 1.94. The molecule has 1 unspecified atom stereocenters. The second-order valence-electron chi connectivity index (χ2n) is 3.77. The zero-order valence-corrected chi connectivity index (χ0v) is 8.83. The molecule has 2 rings (SSSR count). The lowest BCUT2D eigenvalue weighted by atomic mass is 9.88. The topological polar surface area (TPSA) is 43.4 Å². The number of ether oxygens (including phenoxy) is 1. The van der Waals surface area contributed by atoms with Crippen LogP contribution in [0.3, 0.4) is 0 Å². The van der Waals surface area contributed by atoms with Gasteiger partial charge in [-0.25, -0.2) is 4.39 Å². The van der Waals surface area contributed by atoms with Crippen molar-refractivity contribution in [3.05, 3.63) is 35.1 Å². The van der Waals surface area contributed by atoms with Gasteiger partial charge in [-0.2, -0.15) is 0 Å². The molecule has 0 spiro atoms. The summed E-state index contributed by atoms with van der Waals surface area (Å²) >= 11 is 0. The van der Waals surface area contributed by atoms with Gasteiger partial charge in [-0.3, -0.25) is 9.59 Å². The summed E-state index contributed by atoms with van der Waals surface area (Å²) in [7, 11) is 0. The summed E-state index contributed by atoms with van der Waals surface area (Å²) in [6, 6.07) is 4.54. The standard InChI is InChI=1S/C12H11FO3/c1-7(14)16-10-6-5-8-3-2-4-9(13)11(8)12(10)15/h2-4,10H,5-6H2,1H3. The van der Waals surface area contributed by atoms with E-state index >= 15 is 0 Å². The number of halogens is 1. The lowest BCUT2D eigenvalue weighted by Crippen LogP contribution is -2.32. The molecule has 4 heteroatoms. The summed E-state index contributed by atoms with van der Waals surface area (Å²) in [6.45, 7) is 1.24. The molecule has 0 aromatic heterocycles. The van der Waals surface area contributed by atoms with Gasteiger partial charge in [-0.1, -0.05) is 12.1 Å². The molecule has 0 N–H and O–H groups in total. The predicted octanol–water partition coefficient (Wildman–Crippen LogP) is 1.89. The Hall–Kier alpha value is -1.71. The Morgan fingerprint density at radius 3 is 2.94 bits per heavy atom. The third kappa shape index (κ3) is 1.83. The van der Waals surface area contributed by atoms with Crippen LogP contribution in [0, 0.1) is 5.82 Å². The molecule has 0 saturated heterocycles. The first-order valence-electron chi connectivity index (χ1n) is 5.08. The Balaban J connectivity index is 2.34. The van der Waals surface area contributed by atoms with Gasteiger partial charge in [0.15, 0.2) is 6.10 Å². The predicted molar refractivity (Wildman–Crippen MR) is 54.6 cm³/mol. The Kier molecular flexibility index (Phi) is 2.73. The Morgan fingerprint density at radius 1 is 1.50 bits per heavy atom. The molecular formula is C12H11FO3. The SMILES string of the molecule is CC(=O)OC1CCc2cccc(F)c2C1=O. The van der Waals surface area contributed by atoms with E-state index in [1.54, 1.807) is 12.1 Å². The van der Waals surface area contributed by atoms with Gasteiger partial charge in [0, 0.05) is 6.92 Å². The van der Waals surface area contributed by atoms with Crippen molar-refractivity contribution < 1.29 is 18.7 Å². The maximum atomic E-state index is 13.5. The molecule has 84 valence electrons. The number of carbonyl (C=O) groups is 2. The highest BCUT2D eigenvalue weighted by Crippen LogP contribution is 2.25. The van der Waals surface area contributed by atoms with Gasteiger partial charge in [0.2, 0.25) is 5.78 Å². The highest BCUT2D eigenvalue weighted by atomic mass is 19.1. The van der Waals surface area contributed by atoms with Crippen molar-refractivity contribution in [2.45, 2.75) is 25.9 Å². The molecule has 1 aromatic carbocycles. The average Bonchev–Trinajstić information content (AvgIpc) is 2.22. The highest BCUT2D eigenvalue weighted by molar-refractivity contribution is 6.02. The number of fused-ring (bicyclic) bond motifs is 1. The van der Waals surface area contributed by atoms with Crippen LogP contribution >= 0.6 is 0 Å². The quantitative estimate of drug-likeness (QED) is 0.681. The van der Waals surface area contributed by atoms with Gasteiger partial charge in [0.25, 0.3) is 0 Å². The summed E-state index contributed by atoms with van der Waals surface area (Å²) < 4.78 is 18.3. The highest BCUT2D eigenvalue weighted by Gasteiger charge is 2.31.